The van der Waals surface area contributed by atoms with Gasteiger partial charge in [0, 0.05) is 23.7 Å². The van der Waals surface area contributed by atoms with Crippen LogP contribution in [0.25, 0.3) is 0 Å². The Labute approximate surface area is 114 Å². The summed E-state index contributed by atoms with van der Waals surface area (Å²) in [6, 6.07) is 0. The second-order valence-corrected chi connectivity index (χ2v) is 5.45. The summed E-state index contributed by atoms with van der Waals surface area (Å²) in [5.74, 6) is 1.30. The quantitative estimate of drug-likeness (QED) is 0.221. The highest BCUT2D eigenvalue weighted by atomic mass is 32.2. The van der Waals surface area contributed by atoms with E-state index in [2.05, 4.69) is 15.6 Å². The normalized spacial score (nSPS) is 17.8. The SMILES string of the molecule is NC(N)=NC1NC(CSCCNC(=O)CO)=CS1. The third kappa shape index (κ3) is 6.03. The van der Waals surface area contributed by atoms with Gasteiger partial charge in [0.1, 0.15) is 6.61 Å². The van der Waals surface area contributed by atoms with Crippen LogP contribution < -0.4 is 22.1 Å². The number of carbonyl (C=O) groups excluding carboxylic acids is 1. The number of aliphatic hydroxyl groups is 1. The van der Waals surface area contributed by atoms with E-state index in [9.17, 15) is 4.79 Å². The van der Waals surface area contributed by atoms with Crippen LogP contribution in [-0.2, 0) is 4.79 Å². The number of nitrogens with zero attached hydrogens (tertiary/aromatic N) is 1. The molecule has 0 aromatic carbocycles. The first-order valence-electron chi connectivity index (χ1n) is 5.27. The standard InChI is InChI=1S/C9H17N5O2S2/c10-8(11)14-9-13-6(5-18-9)4-17-2-1-12-7(16)3-15/h5,9,13,15H,1-4H2,(H,12,16)(H4,10,11,14). The lowest BCUT2D eigenvalue weighted by Crippen LogP contribution is -2.29. The number of hydrogen-bond donors (Lipinski definition) is 5. The van der Waals surface area contributed by atoms with Crippen molar-refractivity contribution in [1.29, 1.82) is 0 Å². The van der Waals surface area contributed by atoms with Gasteiger partial charge in [-0.05, 0) is 5.41 Å². The van der Waals surface area contributed by atoms with Crippen LogP contribution in [0.15, 0.2) is 16.1 Å². The lowest BCUT2D eigenvalue weighted by atomic mass is 10.6. The fraction of sp³-hybridized carbons (Fsp3) is 0.556. The van der Waals surface area contributed by atoms with E-state index in [-0.39, 0.29) is 17.4 Å². The molecule has 0 aliphatic carbocycles. The number of carbonyl (C=O) groups is 1. The van der Waals surface area contributed by atoms with Crippen molar-refractivity contribution in [3.8, 4) is 0 Å². The summed E-state index contributed by atoms with van der Waals surface area (Å²) in [5, 5.41) is 16.2. The lowest BCUT2D eigenvalue weighted by molar-refractivity contribution is -0.123. The number of rotatable bonds is 7. The minimum atomic E-state index is -0.464. The van der Waals surface area contributed by atoms with Gasteiger partial charge in [0.05, 0.1) is 0 Å². The van der Waals surface area contributed by atoms with Gasteiger partial charge >= 0.3 is 0 Å². The maximum Gasteiger partial charge on any atom is 0.245 e. The van der Waals surface area contributed by atoms with Gasteiger partial charge in [-0.25, -0.2) is 4.99 Å². The molecule has 102 valence electrons. The van der Waals surface area contributed by atoms with Crippen LogP contribution in [0.1, 0.15) is 0 Å². The van der Waals surface area contributed by atoms with E-state index in [1.54, 1.807) is 11.8 Å². The van der Waals surface area contributed by atoms with E-state index in [4.69, 9.17) is 16.6 Å². The Morgan fingerprint density at radius 3 is 3.11 bits per heavy atom. The summed E-state index contributed by atoms with van der Waals surface area (Å²) in [6.45, 7) is 0.0794. The van der Waals surface area contributed by atoms with E-state index >= 15 is 0 Å². The van der Waals surface area contributed by atoms with E-state index in [0.717, 1.165) is 17.2 Å². The molecule has 7 N–H and O–H groups in total. The second-order valence-electron chi connectivity index (χ2n) is 3.39. The Morgan fingerprint density at radius 1 is 1.67 bits per heavy atom. The first-order valence-corrected chi connectivity index (χ1v) is 7.36. The molecule has 1 aliphatic heterocycles. The largest absolute Gasteiger partial charge is 0.387 e. The smallest absolute Gasteiger partial charge is 0.245 e. The zero-order valence-electron chi connectivity index (χ0n) is 9.76. The molecule has 1 heterocycles. The van der Waals surface area contributed by atoms with Gasteiger partial charge < -0.3 is 27.2 Å². The van der Waals surface area contributed by atoms with E-state index in [0.29, 0.717) is 6.54 Å². The molecular formula is C9H17N5O2S2. The molecule has 1 rings (SSSR count). The third-order valence-corrected chi connectivity index (χ3v) is 3.79. The molecule has 9 heteroatoms. The molecular weight excluding hydrogens is 274 g/mol. The molecule has 1 atom stereocenters. The van der Waals surface area contributed by atoms with Crippen LogP contribution in [0, 0.1) is 0 Å². The van der Waals surface area contributed by atoms with Gasteiger partial charge in [-0.3, -0.25) is 4.79 Å². The number of nitrogens with two attached hydrogens (primary N) is 2. The highest BCUT2D eigenvalue weighted by molar-refractivity contribution is 8.03. The topological polar surface area (TPSA) is 126 Å². The monoisotopic (exact) mass is 291 g/mol. The van der Waals surface area contributed by atoms with Crippen LogP contribution in [0.2, 0.25) is 0 Å². The van der Waals surface area contributed by atoms with Crippen molar-refractivity contribution in [2.45, 2.75) is 5.50 Å². The number of guanidine groups is 1. The van der Waals surface area contributed by atoms with Crippen LogP contribution in [0.4, 0.5) is 0 Å². The van der Waals surface area contributed by atoms with Crippen molar-refractivity contribution < 1.29 is 9.90 Å². The average Bonchev–Trinajstić information content (AvgIpc) is 2.75. The zero-order valence-corrected chi connectivity index (χ0v) is 11.4. The highest BCUT2D eigenvalue weighted by Crippen LogP contribution is 2.23. The van der Waals surface area contributed by atoms with Crippen LogP contribution in [0.5, 0.6) is 0 Å². The van der Waals surface area contributed by atoms with Gasteiger partial charge in [-0.1, -0.05) is 11.8 Å². The minimum absolute atomic E-state index is 0.0639. The number of aliphatic hydroxyl groups excluding tert-OH is 1. The molecule has 0 radical (unpaired) electrons. The number of thioether (sulfide) groups is 2. The molecule has 0 aromatic rings. The summed E-state index contributed by atoms with van der Waals surface area (Å²) >= 11 is 3.19. The predicted octanol–water partition coefficient (Wildman–Crippen LogP) is -1.44. The van der Waals surface area contributed by atoms with Crippen molar-refractivity contribution >= 4 is 35.4 Å². The van der Waals surface area contributed by atoms with Crippen LogP contribution in [-0.4, -0.2) is 47.1 Å². The molecule has 0 fully saturated rings. The average molecular weight is 291 g/mol. The molecule has 1 aliphatic rings. The third-order valence-electron chi connectivity index (χ3n) is 1.88. The van der Waals surface area contributed by atoms with E-state index < -0.39 is 6.61 Å². The van der Waals surface area contributed by atoms with Crippen molar-refractivity contribution in [3.63, 3.8) is 0 Å². The predicted molar refractivity (Wildman–Crippen MR) is 75.8 cm³/mol. The van der Waals surface area contributed by atoms with E-state index in [1.807, 2.05) is 5.41 Å². The maximum absolute atomic E-state index is 10.7. The van der Waals surface area contributed by atoms with Crippen LogP contribution >= 0.6 is 23.5 Å². The number of aliphatic imine (C=N–C) groups is 1. The zero-order chi connectivity index (χ0) is 13.4. The second kappa shape index (κ2) is 8.11. The molecule has 0 bridgehead atoms. The first kappa shape index (κ1) is 15.0. The van der Waals surface area contributed by atoms with Crippen molar-refractivity contribution in [3.05, 3.63) is 11.1 Å². The molecule has 0 aromatic heterocycles. The van der Waals surface area contributed by atoms with E-state index in [1.165, 1.54) is 11.8 Å². The Hall–Kier alpha value is -1.06. The number of nitrogens with one attached hydrogen (secondary N) is 2. The number of hydrogen-bond acceptors (Lipinski definition) is 6. The Kier molecular flexibility index (Phi) is 6.76. The van der Waals surface area contributed by atoms with Crippen molar-refractivity contribution in [1.82, 2.24) is 10.6 Å². The molecule has 1 amide bonds. The van der Waals surface area contributed by atoms with Crippen molar-refractivity contribution in [2.24, 2.45) is 16.5 Å². The molecule has 7 nitrogen and oxygen atoms in total. The highest BCUT2D eigenvalue weighted by Gasteiger charge is 2.15. The fourth-order valence-corrected chi connectivity index (χ4v) is 2.88. The van der Waals surface area contributed by atoms with Crippen molar-refractivity contribution in [2.75, 3.05) is 24.7 Å². The molecule has 0 spiro atoms. The fourth-order valence-electron chi connectivity index (χ4n) is 1.15. The molecule has 0 saturated heterocycles. The van der Waals surface area contributed by atoms with Gasteiger partial charge in [0.15, 0.2) is 11.5 Å². The Balaban J connectivity index is 2.08. The maximum atomic E-state index is 10.7. The minimum Gasteiger partial charge on any atom is -0.387 e. The summed E-state index contributed by atoms with van der Waals surface area (Å²) in [5.41, 5.74) is 11.5. The summed E-state index contributed by atoms with van der Waals surface area (Å²) in [4.78, 5) is 14.7. The Bertz CT molecular complexity index is 344. The van der Waals surface area contributed by atoms with Gasteiger partial charge in [0.2, 0.25) is 5.91 Å². The lowest BCUT2D eigenvalue weighted by Gasteiger charge is -2.08. The van der Waals surface area contributed by atoms with Crippen LogP contribution in [0.3, 0.4) is 0 Å². The number of amides is 1. The summed E-state index contributed by atoms with van der Waals surface area (Å²) in [6.07, 6.45) is 0. The molecule has 0 saturated carbocycles. The summed E-state index contributed by atoms with van der Waals surface area (Å²) in [7, 11) is 0. The van der Waals surface area contributed by atoms with Gasteiger partial charge in [-0.15, -0.1) is 0 Å². The summed E-state index contributed by atoms with van der Waals surface area (Å²) < 4.78 is 0. The Morgan fingerprint density at radius 2 is 2.44 bits per heavy atom. The van der Waals surface area contributed by atoms with Gasteiger partial charge in [-0.2, -0.15) is 11.8 Å². The molecule has 18 heavy (non-hydrogen) atoms. The first-order chi connectivity index (χ1) is 8.61. The molecule has 1 unspecified atom stereocenters. The van der Waals surface area contributed by atoms with Gasteiger partial charge in [0.25, 0.3) is 0 Å².